The summed E-state index contributed by atoms with van der Waals surface area (Å²) in [6.45, 7) is 5.44. The van der Waals surface area contributed by atoms with Crippen LogP contribution >= 0.6 is 0 Å². The van der Waals surface area contributed by atoms with Gasteiger partial charge in [-0.2, -0.15) is 0 Å². The first-order valence-corrected chi connectivity index (χ1v) is 15.0. The first kappa shape index (κ1) is 40.3. The normalized spacial score (nSPS) is 14.2. The second-order valence-electron chi connectivity index (χ2n) is 11.9. The van der Waals surface area contributed by atoms with E-state index in [0.29, 0.717) is 5.56 Å². The Morgan fingerprint density at radius 2 is 1.21 bits per heavy atom. The van der Waals surface area contributed by atoms with Gasteiger partial charge in [0.2, 0.25) is 29.5 Å². The molecule has 5 atom stereocenters. The van der Waals surface area contributed by atoms with Crippen molar-refractivity contribution in [1.82, 2.24) is 26.6 Å². The minimum absolute atomic E-state index is 0.00975. The van der Waals surface area contributed by atoms with Crippen molar-refractivity contribution >= 4 is 41.5 Å². The molecule has 0 heterocycles. The molecule has 262 valence electrons. The third-order valence-corrected chi connectivity index (χ3v) is 6.66. The van der Waals surface area contributed by atoms with Gasteiger partial charge in [0.25, 0.3) is 0 Å². The average molecular weight is 667 g/mol. The SMILES string of the molecule is CC(C)C[C@H](NC(=O)[C@H](CO)NC(=O)CNC(=O)[C@H](CC(C)C)NC(=O)[C@H](CC(=O)O)NC(=O)[C@@H](N)Cc1ccc(O)cc1)C(=O)O. The second kappa shape index (κ2) is 19.7. The molecule has 0 bridgehead atoms. The summed E-state index contributed by atoms with van der Waals surface area (Å²) in [4.78, 5) is 86.7. The first-order valence-electron chi connectivity index (χ1n) is 15.0. The van der Waals surface area contributed by atoms with Crippen LogP contribution in [-0.4, -0.2) is 105 Å². The van der Waals surface area contributed by atoms with Crippen LogP contribution in [0.3, 0.4) is 0 Å². The van der Waals surface area contributed by atoms with E-state index in [1.165, 1.54) is 12.1 Å². The summed E-state index contributed by atoms with van der Waals surface area (Å²) in [5, 5.41) is 49.1. The van der Waals surface area contributed by atoms with E-state index in [0.717, 1.165) is 0 Å². The van der Waals surface area contributed by atoms with Crippen LogP contribution in [0, 0.1) is 11.8 Å². The van der Waals surface area contributed by atoms with Gasteiger partial charge in [-0.1, -0.05) is 39.8 Å². The number of carboxylic acid groups (broad SMARTS) is 2. The Bertz CT molecular complexity index is 1260. The maximum Gasteiger partial charge on any atom is 0.326 e. The number of carbonyl (C=O) groups is 7. The van der Waals surface area contributed by atoms with Gasteiger partial charge in [0.15, 0.2) is 0 Å². The lowest BCUT2D eigenvalue weighted by Gasteiger charge is -2.24. The number of nitrogens with one attached hydrogen (secondary N) is 5. The number of hydrogen-bond donors (Lipinski definition) is 10. The molecule has 17 heteroatoms. The molecule has 0 aliphatic heterocycles. The smallest absolute Gasteiger partial charge is 0.326 e. The van der Waals surface area contributed by atoms with E-state index < -0.39 is 91.3 Å². The number of aliphatic hydroxyl groups excluding tert-OH is 1. The van der Waals surface area contributed by atoms with Crippen LogP contribution in [0.15, 0.2) is 24.3 Å². The van der Waals surface area contributed by atoms with Gasteiger partial charge >= 0.3 is 11.9 Å². The van der Waals surface area contributed by atoms with Gasteiger partial charge < -0.3 is 52.7 Å². The number of benzene rings is 1. The summed E-state index contributed by atoms with van der Waals surface area (Å²) < 4.78 is 0. The third kappa shape index (κ3) is 15.4. The van der Waals surface area contributed by atoms with Crippen LogP contribution in [0.4, 0.5) is 0 Å². The molecule has 1 aromatic carbocycles. The van der Waals surface area contributed by atoms with Crippen molar-refractivity contribution < 1.29 is 54.0 Å². The molecule has 1 rings (SSSR count). The lowest BCUT2D eigenvalue weighted by atomic mass is 10.0. The van der Waals surface area contributed by atoms with E-state index in [2.05, 4.69) is 26.6 Å². The number of carbonyl (C=O) groups excluding carboxylic acids is 5. The number of amides is 5. The maximum atomic E-state index is 13.1. The highest BCUT2D eigenvalue weighted by molar-refractivity contribution is 5.96. The predicted molar refractivity (Wildman–Crippen MR) is 166 cm³/mol. The predicted octanol–water partition coefficient (Wildman–Crippen LogP) is -2.04. The van der Waals surface area contributed by atoms with Crippen molar-refractivity contribution in [3.63, 3.8) is 0 Å². The van der Waals surface area contributed by atoms with E-state index >= 15 is 0 Å². The number of hydrogen-bond acceptors (Lipinski definition) is 10. The topological polar surface area (TPSA) is 287 Å². The fraction of sp³-hybridized carbons (Fsp3) is 0.567. The fourth-order valence-corrected chi connectivity index (χ4v) is 4.31. The van der Waals surface area contributed by atoms with E-state index in [4.69, 9.17) is 5.73 Å². The Hall–Kier alpha value is -4.77. The van der Waals surface area contributed by atoms with E-state index in [9.17, 15) is 54.0 Å². The lowest BCUT2D eigenvalue weighted by Crippen LogP contribution is -2.57. The van der Waals surface area contributed by atoms with Gasteiger partial charge in [-0.3, -0.25) is 28.8 Å². The quantitative estimate of drug-likeness (QED) is 0.0720. The zero-order valence-electron chi connectivity index (χ0n) is 26.8. The van der Waals surface area contributed by atoms with Crippen LogP contribution in [0.5, 0.6) is 5.75 Å². The number of aliphatic hydroxyl groups is 1. The van der Waals surface area contributed by atoms with Crippen molar-refractivity contribution in [1.29, 1.82) is 0 Å². The maximum absolute atomic E-state index is 13.1. The van der Waals surface area contributed by atoms with Crippen molar-refractivity contribution in [3.05, 3.63) is 29.8 Å². The van der Waals surface area contributed by atoms with Gasteiger partial charge in [0, 0.05) is 0 Å². The summed E-state index contributed by atoms with van der Waals surface area (Å²) in [7, 11) is 0. The minimum atomic E-state index is -1.61. The van der Waals surface area contributed by atoms with Crippen LogP contribution in [0.2, 0.25) is 0 Å². The molecule has 11 N–H and O–H groups in total. The molecular formula is C30H46N6O11. The Balaban J connectivity index is 2.88. The molecule has 17 nitrogen and oxygen atoms in total. The highest BCUT2D eigenvalue weighted by Crippen LogP contribution is 2.11. The molecule has 5 amide bonds. The van der Waals surface area contributed by atoms with Gasteiger partial charge in [-0.15, -0.1) is 0 Å². The van der Waals surface area contributed by atoms with Gasteiger partial charge in [-0.05, 0) is 48.8 Å². The molecule has 0 unspecified atom stereocenters. The monoisotopic (exact) mass is 666 g/mol. The lowest BCUT2D eigenvalue weighted by molar-refractivity contribution is -0.143. The van der Waals surface area contributed by atoms with Crippen LogP contribution in [-0.2, 0) is 40.0 Å². The molecule has 0 saturated heterocycles. The summed E-state index contributed by atoms with van der Waals surface area (Å²) in [5.41, 5.74) is 6.55. The minimum Gasteiger partial charge on any atom is -0.508 e. The number of aromatic hydroxyl groups is 1. The van der Waals surface area contributed by atoms with Crippen molar-refractivity contribution in [2.75, 3.05) is 13.2 Å². The third-order valence-electron chi connectivity index (χ3n) is 6.66. The Kier molecular flexibility index (Phi) is 16.9. The number of nitrogens with two attached hydrogens (primary N) is 1. The average Bonchev–Trinajstić information content (AvgIpc) is 2.97. The molecule has 0 saturated carbocycles. The van der Waals surface area contributed by atoms with Crippen LogP contribution < -0.4 is 32.3 Å². The van der Waals surface area contributed by atoms with E-state index in [-0.39, 0.29) is 36.8 Å². The van der Waals surface area contributed by atoms with E-state index in [1.54, 1.807) is 39.8 Å². The number of phenolic OH excluding ortho intramolecular Hbond substituents is 1. The Morgan fingerprint density at radius 1 is 0.702 bits per heavy atom. The zero-order valence-corrected chi connectivity index (χ0v) is 26.8. The molecule has 0 fully saturated rings. The highest BCUT2D eigenvalue weighted by Gasteiger charge is 2.31. The van der Waals surface area contributed by atoms with Crippen molar-refractivity contribution in [2.45, 2.75) is 83.6 Å². The number of carboxylic acids is 2. The molecule has 1 aromatic rings. The fourth-order valence-electron chi connectivity index (χ4n) is 4.31. The molecule has 0 aliphatic rings. The van der Waals surface area contributed by atoms with Gasteiger partial charge in [-0.25, -0.2) is 4.79 Å². The summed E-state index contributed by atoms with van der Waals surface area (Å²) >= 11 is 0. The zero-order chi connectivity index (χ0) is 35.8. The molecule has 47 heavy (non-hydrogen) atoms. The molecular weight excluding hydrogens is 620 g/mol. The summed E-state index contributed by atoms with van der Waals surface area (Å²) in [6.07, 6.45) is -0.644. The molecule has 0 spiro atoms. The van der Waals surface area contributed by atoms with Gasteiger partial charge in [0.05, 0.1) is 25.6 Å². The Morgan fingerprint density at radius 3 is 1.72 bits per heavy atom. The van der Waals surface area contributed by atoms with Crippen molar-refractivity contribution in [3.8, 4) is 5.75 Å². The molecule has 0 aliphatic carbocycles. The standard InChI is InChI=1S/C30H46N6O11/c1-15(2)9-20(27(43)32-13-24(39)33-23(14-37)29(45)36-22(30(46)47)10-16(3)4)35-28(44)21(12-25(40)41)34-26(42)19(31)11-17-5-7-18(38)8-6-17/h5-8,15-16,19-23,37-38H,9-14,31H2,1-4H3,(H,32,43)(H,33,39)(H,34,42)(H,35,44)(H,36,45)(H,40,41)(H,46,47)/t19-,20-,21-,22-,23-/m0/s1. The van der Waals surface area contributed by atoms with Gasteiger partial charge in [0.1, 0.15) is 29.9 Å². The van der Waals surface area contributed by atoms with Crippen molar-refractivity contribution in [2.24, 2.45) is 17.6 Å². The molecule has 0 aromatic heterocycles. The second-order valence-corrected chi connectivity index (χ2v) is 11.9. The number of phenols is 1. The summed E-state index contributed by atoms with van der Waals surface area (Å²) in [6, 6.07) is -0.925. The first-order chi connectivity index (χ1) is 21.9. The number of aliphatic carboxylic acids is 2. The highest BCUT2D eigenvalue weighted by atomic mass is 16.4. The number of rotatable bonds is 20. The Labute approximate surface area is 272 Å². The largest absolute Gasteiger partial charge is 0.508 e. The van der Waals surface area contributed by atoms with Crippen LogP contribution in [0.1, 0.15) is 52.5 Å². The molecule has 0 radical (unpaired) electrons. The summed E-state index contributed by atoms with van der Waals surface area (Å²) in [5.74, 6) is -7.44. The van der Waals surface area contributed by atoms with Crippen LogP contribution in [0.25, 0.3) is 0 Å². The van der Waals surface area contributed by atoms with E-state index in [1.807, 2.05) is 0 Å².